The van der Waals surface area contributed by atoms with Gasteiger partial charge in [-0.1, -0.05) is 62.8 Å². The van der Waals surface area contributed by atoms with Crippen molar-refractivity contribution in [3.8, 4) is 0 Å². The molecular weight excluding hydrogens is 288 g/mol. The van der Waals surface area contributed by atoms with Crippen LogP contribution in [0.3, 0.4) is 0 Å². The van der Waals surface area contributed by atoms with E-state index in [0.29, 0.717) is 0 Å². The van der Waals surface area contributed by atoms with Gasteiger partial charge in [0.1, 0.15) is 0 Å². The topological polar surface area (TPSA) is 0 Å². The van der Waals surface area contributed by atoms with E-state index in [0.717, 1.165) is 11.8 Å². The maximum Gasteiger partial charge on any atom is -0.0143 e. The van der Waals surface area contributed by atoms with Gasteiger partial charge in [0.05, 0.1) is 0 Å². The van der Waals surface area contributed by atoms with Crippen LogP contribution in [0.1, 0.15) is 75.3 Å². The minimum Gasteiger partial charge on any atom is -0.0575 e. The average molecular weight is 316 g/mol. The first kappa shape index (κ1) is 14.8. The summed E-state index contributed by atoms with van der Waals surface area (Å²) in [5.74, 6) is 1.62. The Hall–Kier alpha value is -1.56. The highest BCUT2D eigenvalue weighted by Gasteiger charge is 2.23. The first-order valence-corrected chi connectivity index (χ1v) is 10.2. The fourth-order valence-corrected chi connectivity index (χ4v) is 5.40. The average Bonchev–Trinajstić information content (AvgIpc) is 3.24. The van der Waals surface area contributed by atoms with Crippen molar-refractivity contribution in [3.63, 3.8) is 0 Å². The van der Waals surface area contributed by atoms with Gasteiger partial charge in [-0.25, -0.2) is 0 Å². The Morgan fingerprint density at radius 3 is 2.08 bits per heavy atom. The fourth-order valence-electron chi connectivity index (χ4n) is 5.40. The summed E-state index contributed by atoms with van der Waals surface area (Å²) >= 11 is 0. The molecule has 124 valence electrons. The molecule has 0 bridgehead atoms. The molecule has 2 fully saturated rings. The summed E-state index contributed by atoms with van der Waals surface area (Å²) in [5, 5.41) is 2.94. The van der Waals surface area contributed by atoms with Crippen LogP contribution in [0, 0.1) is 11.8 Å². The van der Waals surface area contributed by atoms with Crippen molar-refractivity contribution in [1.82, 2.24) is 0 Å². The SMILES string of the molecule is C1=C(C2CCCCC2)C=c2cc3c(cc21)=CC=C3C1CCCCC1. The van der Waals surface area contributed by atoms with Crippen molar-refractivity contribution < 1.29 is 0 Å². The van der Waals surface area contributed by atoms with Gasteiger partial charge in [-0.15, -0.1) is 0 Å². The van der Waals surface area contributed by atoms with Crippen LogP contribution in [0.25, 0.3) is 23.8 Å². The van der Waals surface area contributed by atoms with Gasteiger partial charge < -0.3 is 0 Å². The molecule has 2 saturated carbocycles. The Bertz CT molecular complexity index is 822. The number of hydrogen-bond donors (Lipinski definition) is 0. The number of fused-ring (bicyclic) bond motifs is 2. The molecule has 5 rings (SSSR count). The summed E-state index contributed by atoms with van der Waals surface area (Å²) in [6.07, 6.45) is 23.9. The van der Waals surface area contributed by atoms with E-state index in [-0.39, 0.29) is 0 Å². The molecule has 0 saturated heterocycles. The summed E-state index contributed by atoms with van der Waals surface area (Å²) in [4.78, 5) is 0. The molecule has 0 heterocycles. The molecule has 0 radical (unpaired) electrons. The van der Waals surface area contributed by atoms with Crippen LogP contribution < -0.4 is 10.4 Å². The molecule has 1 aromatic carbocycles. The summed E-state index contributed by atoms with van der Waals surface area (Å²) in [5.41, 5.74) is 6.24. The van der Waals surface area contributed by atoms with E-state index in [1.165, 1.54) is 85.8 Å². The first-order chi connectivity index (χ1) is 11.9. The predicted octanol–water partition coefficient (Wildman–Crippen LogP) is 5.20. The minimum atomic E-state index is 0.807. The van der Waals surface area contributed by atoms with Gasteiger partial charge in [-0.05, 0) is 82.4 Å². The van der Waals surface area contributed by atoms with Gasteiger partial charge in [0.15, 0.2) is 0 Å². The molecule has 0 unspecified atom stereocenters. The highest BCUT2D eigenvalue weighted by Crippen LogP contribution is 2.36. The second-order valence-corrected chi connectivity index (χ2v) is 8.32. The van der Waals surface area contributed by atoms with Crippen molar-refractivity contribution in [2.45, 2.75) is 64.2 Å². The van der Waals surface area contributed by atoms with Crippen molar-refractivity contribution in [1.29, 1.82) is 0 Å². The van der Waals surface area contributed by atoms with Gasteiger partial charge in [0.25, 0.3) is 0 Å². The molecule has 0 aliphatic heterocycles. The number of allylic oxidation sites excluding steroid dienone is 3. The van der Waals surface area contributed by atoms with E-state index in [4.69, 9.17) is 0 Å². The lowest BCUT2D eigenvalue weighted by atomic mass is 9.81. The molecule has 1 aromatic rings. The molecule has 4 aliphatic rings. The predicted molar refractivity (Wildman–Crippen MR) is 104 cm³/mol. The summed E-state index contributed by atoms with van der Waals surface area (Å²) in [7, 11) is 0. The summed E-state index contributed by atoms with van der Waals surface area (Å²) in [6.45, 7) is 0. The molecule has 0 heteroatoms. The third kappa shape index (κ3) is 2.51. The molecule has 0 aromatic heterocycles. The van der Waals surface area contributed by atoms with Crippen LogP contribution in [0.2, 0.25) is 0 Å². The van der Waals surface area contributed by atoms with Crippen LogP contribution in [-0.2, 0) is 0 Å². The third-order valence-electron chi connectivity index (χ3n) is 6.77. The van der Waals surface area contributed by atoms with E-state index >= 15 is 0 Å². The summed E-state index contributed by atoms with van der Waals surface area (Å²) < 4.78 is 0. The Balaban J connectivity index is 1.47. The number of benzene rings is 1. The molecule has 0 amide bonds. The molecular formula is C24H28. The Kier molecular flexibility index (Phi) is 3.73. The smallest absolute Gasteiger partial charge is 0.0143 e. The number of rotatable bonds is 2. The zero-order valence-corrected chi connectivity index (χ0v) is 14.7. The highest BCUT2D eigenvalue weighted by molar-refractivity contribution is 5.82. The van der Waals surface area contributed by atoms with Crippen LogP contribution in [0.15, 0.2) is 23.8 Å². The largest absolute Gasteiger partial charge is 0.0575 e. The Morgan fingerprint density at radius 2 is 1.33 bits per heavy atom. The van der Waals surface area contributed by atoms with Gasteiger partial charge in [-0.3, -0.25) is 0 Å². The van der Waals surface area contributed by atoms with Gasteiger partial charge in [0, 0.05) is 0 Å². The fraction of sp³-hybridized carbons (Fsp3) is 0.500. The van der Waals surface area contributed by atoms with E-state index in [2.05, 4.69) is 36.4 Å². The van der Waals surface area contributed by atoms with Crippen LogP contribution in [0.5, 0.6) is 0 Å². The van der Waals surface area contributed by atoms with E-state index < -0.39 is 0 Å². The minimum absolute atomic E-state index is 0.807. The lowest BCUT2D eigenvalue weighted by molar-refractivity contribution is 0.412. The van der Waals surface area contributed by atoms with Gasteiger partial charge in [-0.2, -0.15) is 0 Å². The quantitative estimate of drug-likeness (QED) is 0.703. The molecule has 0 N–H and O–H groups in total. The maximum atomic E-state index is 2.50. The second-order valence-electron chi connectivity index (χ2n) is 8.32. The zero-order chi connectivity index (χ0) is 15.9. The molecule has 24 heavy (non-hydrogen) atoms. The van der Waals surface area contributed by atoms with Crippen molar-refractivity contribution in [2.75, 3.05) is 0 Å². The Labute approximate surface area is 145 Å². The monoisotopic (exact) mass is 316 g/mol. The van der Waals surface area contributed by atoms with E-state index in [1.807, 2.05) is 0 Å². The molecule has 0 atom stereocenters. The van der Waals surface area contributed by atoms with Crippen molar-refractivity contribution in [2.24, 2.45) is 11.8 Å². The number of hydrogen-bond acceptors (Lipinski definition) is 0. The normalized spacial score (nSPS) is 23.8. The van der Waals surface area contributed by atoms with Crippen molar-refractivity contribution in [3.05, 3.63) is 45.3 Å². The van der Waals surface area contributed by atoms with Gasteiger partial charge in [0.2, 0.25) is 0 Å². The zero-order valence-electron chi connectivity index (χ0n) is 14.7. The molecule has 0 spiro atoms. The second kappa shape index (κ2) is 6.06. The van der Waals surface area contributed by atoms with Crippen LogP contribution in [0.4, 0.5) is 0 Å². The lowest BCUT2D eigenvalue weighted by Gasteiger charge is -2.23. The molecule has 4 aliphatic carbocycles. The molecule has 0 nitrogen and oxygen atoms in total. The lowest BCUT2D eigenvalue weighted by Crippen LogP contribution is -2.17. The van der Waals surface area contributed by atoms with E-state index in [1.54, 1.807) is 11.1 Å². The van der Waals surface area contributed by atoms with Crippen LogP contribution >= 0.6 is 0 Å². The van der Waals surface area contributed by atoms with E-state index in [9.17, 15) is 0 Å². The van der Waals surface area contributed by atoms with Gasteiger partial charge >= 0.3 is 0 Å². The maximum absolute atomic E-state index is 2.50. The standard InChI is InChI=1S/C24H28/c1-3-7-17(8-4-1)20-14-21-13-19-11-12-23(18-9-5-2-6-10-18)24(19)16-22(21)15-20/h11-18H,1-10H2. The Morgan fingerprint density at radius 1 is 0.625 bits per heavy atom. The third-order valence-corrected chi connectivity index (χ3v) is 6.77. The highest BCUT2D eigenvalue weighted by atomic mass is 14.3. The van der Waals surface area contributed by atoms with Crippen LogP contribution in [-0.4, -0.2) is 0 Å². The first-order valence-electron chi connectivity index (χ1n) is 10.2. The van der Waals surface area contributed by atoms with Crippen molar-refractivity contribution >= 4 is 23.8 Å². The summed E-state index contributed by atoms with van der Waals surface area (Å²) in [6, 6.07) is 4.95.